The number of rotatable bonds is 7. The molecule has 4 aromatic rings. The summed E-state index contributed by atoms with van der Waals surface area (Å²) in [5.41, 5.74) is 1.98. The van der Waals surface area contributed by atoms with Crippen LogP contribution in [0.2, 0.25) is 0 Å². The smallest absolute Gasteiger partial charge is 0.261 e. The Morgan fingerprint density at radius 2 is 1.55 bits per heavy atom. The fourth-order valence-corrected chi connectivity index (χ4v) is 5.14. The van der Waals surface area contributed by atoms with Gasteiger partial charge < -0.3 is 0 Å². The van der Waals surface area contributed by atoms with Crippen LogP contribution in [-0.4, -0.2) is 43.8 Å². The Balaban J connectivity index is 1.30. The molecule has 0 unspecified atom stereocenters. The number of carbonyl (C=O) groups excluding carboxylic acids is 2. The van der Waals surface area contributed by atoms with Gasteiger partial charge in [-0.2, -0.15) is 0 Å². The maximum atomic E-state index is 12.5. The third kappa shape index (κ3) is 3.68. The molecule has 0 aliphatic carbocycles. The third-order valence-corrected chi connectivity index (χ3v) is 6.91. The van der Waals surface area contributed by atoms with Gasteiger partial charge in [-0.05, 0) is 42.1 Å². The molecular formula is C23H18N4O2S2. The normalized spacial score (nSPS) is 13.1. The van der Waals surface area contributed by atoms with Crippen LogP contribution >= 0.6 is 23.1 Å². The highest BCUT2D eigenvalue weighted by Gasteiger charge is 2.34. The van der Waals surface area contributed by atoms with Crippen molar-refractivity contribution in [1.82, 2.24) is 19.7 Å². The van der Waals surface area contributed by atoms with Crippen LogP contribution in [0.3, 0.4) is 0 Å². The van der Waals surface area contributed by atoms with E-state index in [4.69, 9.17) is 0 Å². The van der Waals surface area contributed by atoms with Gasteiger partial charge >= 0.3 is 0 Å². The van der Waals surface area contributed by atoms with Crippen LogP contribution in [0, 0.1) is 0 Å². The van der Waals surface area contributed by atoms with Crippen molar-refractivity contribution in [3.63, 3.8) is 0 Å². The molecule has 0 saturated carbocycles. The van der Waals surface area contributed by atoms with Crippen molar-refractivity contribution in [2.45, 2.75) is 11.6 Å². The van der Waals surface area contributed by atoms with Gasteiger partial charge in [0.25, 0.3) is 11.8 Å². The van der Waals surface area contributed by atoms with E-state index in [0.29, 0.717) is 29.8 Å². The summed E-state index contributed by atoms with van der Waals surface area (Å²) in [5, 5.41) is 11.7. The highest BCUT2D eigenvalue weighted by Crippen LogP contribution is 2.31. The topological polar surface area (TPSA) is 68.1 Å². The molecule has 8 heteroatoms. The molecule has 0 atom stereocenters. The molecule has 0 N–H and O–H groups in total. The van der Waals surface area contributed by atoms with Gasteiger partial charge in [-0.3, -0.25) is 19.1 Å². The zero-order chi connectivity index (χ0) is 21.2. The number of hydrogen-bond donors (Lipinski definition) is 0. The second-order valence-corrected chi connectivity index (χ2v) is 8.97. The molecule has 6 nitrogen and oxygen atoms in total. The number of amides is 2. The van der Waals surface area contributed by atoms with E-state index in [9.17, 15) is 9.59 Å². The molecule has 3 heterocycles. The Kier molecular flexibility index (Phi) is 5.40. The number of imide groups is 1. The number of carbonyl (C=O) groups is 2. The van der Waals surface area contributed by atoms with Gasteiger partial charge in [0.05, 0.1) is 16.0 Å². The number of hydrogen-bond acceptors (Lipinski definition) is 6. The molecule has 5 rings (SSSR count). The van der Waals surface area contributed by atoms with Gasteiger partial charge in [0, 0.05) is 18.0 Å². The van der Waals surface area contributed by atoms with E-state index in [1.807, 2.05) is 47.8 Å². The third-order valence-electron chi connectivity index (χ3n) is 5.02. The first kappa shape index (κ1) is 19.7. The lowest BCUT2D eigenvalue weighted by atomic mass is 10.1. The average Bonchev–Trinajstić information content (AvgIpc) is 3.53. The lowest BCUT2D eigenvalue weighted by Gasteiger charge is -2.13. The fourth-order valence-electron chi connectivity index (χ4n) is 3.57. The maximum Gasteiger partial charge on any atom is 0.261 e. The number of fused-ring (bicyclic) bond motifs is 1. The van der Waals surface area contributed by atoms with Crippen LogP contribution in [0.15, 0.2) is 77.3 Å². The lowest BCUT2D eigenvalue weighted by molar-refractivity contribution is 0.0655. The first-order chi connectivity index (χ1) is 15.2. The monoisotopic (exact) mass is 446 g/mol. The Morgan fingerprint density at radius 1 is 0.839 bits per heavy atom. The number of para-hydroxylation sites is 1. The van der Waals surface area contributed by atoms with Crippen molar-refractivity contribution in [2.75, 3.05) is 12.3 Å². The molecule has 0 fully saturated rings. The predicted octanol–water partition coefficient (Wildman–Crippen LogP) is 4.77. The van der Waals surface area contributed by atoms with Crippen molar-refractivity contribution < 1.29 is 9.59 Å². The molecule has 2 aromatic carbocycles. The summed E-state index contributed by atoms with van der Waals surface area (Å²) < 4.78 is 2.05. The number of thiophene rings is 1. The Labute approximate surface area is 187 Å². The minimum Gasteiger partial charge on any atom is -0.274 e. The van der Waals surface area contributed by atoms with E-state index in [1.165, 1.54) is 4.90 Å². The van der Waals surface area contributed by atoms with E-state index in [-0.39, 0.29) is 11.8 Å². The SMILES string of the molecule is O=C1c2ccccc2C(=O)N1CCCSc1nnc(-c2cccs2)n1-c1ccccc1. The molecule has 1 aliphatic rings. The summed E-state index contributed by atoms with van der Waals surface area (Å²) in [6.45, 7) is 0.386. The quantitative estimate of drug-likeness (QED) is 0.232. The summed E-state index contributed by atoms with van der Waals surface area (Å²) in [7, 11) is 0. The largest absolute Gasteiger partial charge is 0.274 e. The fraction of sp³-hybridized carbons (Fsp3) is 0.130. The molecule has 154 valence electrons. The highest BCUT2D eigenvalue weighted by molar-refractivity contribution is 7.99. The van der Waals surface area contributed by atoms with Crippen LogP contribution in [0.1, 0.15) is 27.1 Å². The summed E-state index contributed by atoms with van der Waals surface area (Å²) in [4.78, 5) is 27.4. The van der Waals surface area contributed by atoms with Crippen LogP contribution in [0.4, 0.5) is 0 Å². The number of aromatic nitrogens is 3. The van der Waals surface area contributed by atoms with Crippen LogP contribution in [0.5, 0.6) is 0 Å². The summed E-state index contributed by atoms with van der Waals surface area (Å²) in [5.74, 6) is 1.10. The van der Waals surface area contributed by atoms with Crippen LogP contribution in [-0.2, 0) is 0 Å². The molecular weight excluding hydrogens is 428 g/mol. The van der Waals surface area contributed by atoms with Crippen molar-refractivity contribution >= 4 is 34.9 Å². The summed E-state index contributed by atoms with van der Waals surface area (Å²) in [6.07, 6.45) is 0.673. The van der Waals surface area contributed by atoms with Gasteiger partial charge in [0.1, 0.15) is 0 Å². The van der Waals surface area contributed by atoms with Gasteiger partial charge in [-0.15, -0.1) is 21.5 Å². The number of nitrogens with zero attached hydrogens (tertiary/aromatic N) is 4. The van der Waals surface area contributed by atoms with E-state index in [2.05, 4.69) is 14.8 Å². The Hall–Kier alpha value is -3.23. The van der Waals surface area contributed by atoms with Gasteiger partial charge in [0.2, 0.25) is 0 Å². The van der Waals surface area contributed by atoms with Crippen LogP contribution < -0.4 is 0 Å². The van der Waals surface area contributed by atoms with E-state index in [1.54, 1.807) is 47.4 Å². The molecule has 0 spiro atoms. The number of thioether (sulfide) groups is 1. The van der Waals surface area contributed by atoms with Crippen LogP contribution in [0.25, 0.3) is 16.4 Å². The minimum absolute atomic E-state index is 0.210. The van der Waals surface area contributed by atoms with Crippen molar-refractivity contribution in [3.05, 3.63) is 83.2 Å². The van der Waals surface area contributed by atoms with E-state index >= 15 is 0 Å². The standard InChI is InChI=1S/C23H18N4O2S2/c28-21-17-10-4-5-11-18(17)22(29)26(21)13-7-15-31-23-25-24-20(19-12-6-14-30-19)27(23)16-8-2-1-3-9-16/h1-6,8-12,14H,7,13,15H2. The van der Waals surface area contributed by atoms with Gasteiger partial charge in [-0.25, -0.2) is 0 Å². The predicted molar refractivity (Wildman–Crippen MR) is 122 cm³/mol. The van der Waals surface area contributed by atoms with Gasteiger partial charge in [0.15, 0.2) is 11.0 Å². The van der Waals surface area contributed by atoms with E-state index in [0.717, 1.165) is 21.5 Å². The van der Waals surface area contributed by atoms with E-state index < -0.39 is 0 Å². The molecule has 1 aliphatic heterocycles. The zero-order valence-corrected chi connectivity index (χ0v) is 18.1. The molecule has 0 saturated heterocycles. The average molecular weight is 447 g/mol. The molecule has 2 amide bonds. The first-order valence-electron chi connectivity index (χ1n) is 9.87. The van der Waals surface area contributed by atoms with Gasteiger partial charge in [-0.1, -0.05) is 48.2 Å². The molecule has 2 aromatic heterocycles. The summed E-state index contributed by atoms with van der Waals surface area (Å²) >= 11 is 3.20. The summed E-state index contributed by atoms with van der Waals surface area (Å²) in [6, 6.07) is 21.0. The second-order valence-electron chi connectivity index (χ2n) is 6.96. The Bertz CT molecular complexity index is 1200. The minimum atomic E-state index is -0.210. The second kappa shape index (κ2) is 8.49. The maximum absolute atomic E-state index is 12.5. The van der Waals surface area contributed by atoms with Crippen molar-refractivity contribution in [1.29, 1.82) is 0 Å². The first-order valence-corrected chi connectivity index (χ1v) is 11.7. The highest BCUT2D eigenvalue weighted by atomic mass is 32.2. The molecule has 31 heavy (non-hydrogen) atoms. The zero-order valence-electron chi connectivity index (χ0n) is 16.5. The van der Waals surface area contributed by atoms with Crippen molar-refractivity contribution in [3.8, 4) is 16.4 Å². The van der Waals surface area contributed by atoms with Crippen molar-refractivity contribution in [2.24, 2.45) is 0 Å². The number of benzene rings is 2. The molecule has 0 radical (unpaired) electrons. The molecule has 0 bridgehead atoms. The lowest BCUT2D eigenvalue weighted by Crippen LogP contribution is -2.31. The Morgan fingerprint density at radius 3 is 2.23 bits per heavy atom.